The Labute approximate surface area is 114 Å². The van der Waals surface area contributed by atoms with E-state index < -0.39 is 12.6 Å². The van der Waals surface area contributed by atoms with E-state index in [4.69, 9.17) is 0 Å². The van der Waals surface area contributed by atoms with Crippen LogP contribution in [0, 0.1) is 5.92 Å². The van der Waals surface area contributed by atoms with Gasteiger partial charge in [0.25, 0.3) is 0 Å². The van der Waals surface area contributed by atoms with Gasteiger partial charge in [0.2, 0.25) is 0 Å². The quantitative estimate of drug-likeness (QED) is 0.733. The molecule has 0 radical (unpaired) electrons. The number of rotatable bonds is 8. The van der Waals surface area contributed by atoms with Crippen LogP contribution in [-0.4, -0.2) is 43.3 Å². The molecule has 0 spiro atoms. The molecule has 0 aromatic carbocycles. The van der Waals surface area contributed by atoms with Crippen molar-refractivity contribution < 1.29 is 13.2 Å². The zero-order valence-corrected chi connectivity index (χ0v) is 12.1. The van der Waals surface area contributed by atoms with Gasteiger partial charge in [-0.05, 0) is 58.2 Å². The molecule has 1 rings (SSSR count). The van der Waals surface area contributed by atoms with Crippen LogP contribution in [0.4, 0.5) is 13.2 Å². The van der Waals surface area contributed by atoms with E-state index in [0.717, 1.165) is 13.1 Å². The predicted molar refractivity (Wildman–Crippen MR) is 72.2 cm³/mol. The molecular weight excluding hydrogens is 253 g/mol. The summed E-state index contributed by atoms with van der Waals surface area (Å²) in [5.74, 6) is 0.558. The first-order valence-electron chi connectivity index (χ1n) is 7.39. The summed E-state index contributed by atoms with van der Waals surface area (Å²) in [6.45, 7) is 8.57. The second-order valence-electron chi connectivity index (χ2n) is 5.93. The zero-order chi connectivity index (χ0) is 14.3. The van der Waals surface area contributed by atoms with Crippen LogP contribution in [0.1, 0.15) is 46.0 Å². The molecule has 0 saturated carbocycles. The molecule has 19 heavy (non-hydrogen) atoms. The lowest BCUT2D eigenvalue weighted by Crippen LogP contribution is -2.35. The standard InChI is InChI=1S/C14H27F3N2/c1-12(11-19-8-3-4-9-19)10-18-13(2)6-5-7-14(15,16)17/h12-13,18H,3-11H2,1-2H3. The van der Waals surface area contributed by atoms with E-state index in [0.29, 0.717) is 12.3 Å². The summed E-state index contributed by atoms with van der Waals surface area (Å²) >= 11 is 0. The molecule has 0 amide bonds. The molecule has 2 nitrogen and oxygen atoms in total. The minimum absolute atomic E-state index is 0.170. The molecule has 0 aliphatic carbocycles. The molecule has 0 bridgehead atoms. The third-order valence-corrected chi connectivity index (χ3v) is 3.68. The predicted octanol–water partition coefficient (Wildman–Crippen LogP) is 3.43. The Bertz CT molecular complexity index is 237. The van der Waals surface area contributed by atoms with Gasteiger partial charge in [-0.3, -0.25) is 0 Å². The van der Waals surface area contributed by atoms with Gasteiger partial charge in [-0.15, -0.1) is 0 Å². The lowest BCUT2D eigenvalue weighted by Gasteiger charge is -2.22. The average Bonchev–Trinajstić information content (AvgIpc) is 2.77. The van der Waals surface area contributed by atoms with E-state index in [2.05, 4.69) is 17.1 Å². The van der Waals surface area contributed by atoms with Crippen LogP contribution in [0.2, 0.25) is 0 Å². The molecule has 114 valence electrons. The molecule has 1 N–H and O–H groups in total. The number of hydrogen-bond acceptors (Lipinski definition) is 2. The maximum absolute atomic E-state index is 12.0. The smallest absolute Gasteiger partial charge is 0.314 e. The summed E-state index contributed by atoms with van der Waals surface area (Å²) in [6.07, 6.45) is -1.26. The minimum atomic E-state index is -4.01. The number of likely N-dealkylation sites (tertiary alicyclic amines) is 1. The maximum Gasteiger partial charge on any atom is 0.389 e. The van der Waals surface area contributed by atoms with Gasteiger partial charge in [-0.1, -0.05) is 6.92 Å². The van der Waals surface area contributed by atoms with Crippen molar-refractivity contribution >= 4 is 0 Å². The molecule has 2 atom stereocenters. The lowest BCUT2D eigenvalue weighted by molar-refractivity contribution is -0.135. The normalized spacial score (nSPS) is 20.7. The van der Waals surface area contributed by atoms with Gasteiger partial charge in [0.1, 0.15) is 0 Å². The maximum atomic E-state index is 12.0. The fourth-order valence-corrected chi connectivity index (χ4v) is 2.58. The van der Waals surface area contributed by atoms with Crippen molar-refractivity contribution in [1.82, 2.24) is 10.2 Å². The Morgan fingerprint density at radius 3 is 2.37 bits per heavy atom. The molecule has 0 aromatic heterocycles. The largest absolute Gasteiger partial charge is 0.389 e. The number of halogens is 3. The van der Waals surface area contributed by atoms with Crippen molar-refractivity contribution in [2.75, 3.05) is 26.2 Å². The molecule has 5 heteroatoms. The van der Waals surface area contributed by atoms with Crippen molar-refractivity contribution in [1.29, 1.82) is 0 Å². The first-order chi connectivity index (χ1) is 8.87. The highest BCUT2D eigenvalue weighted by atomic mass is 19.4. The number of alkyl halides is 3. The van der Waals surface area contributed by atoms with Gasteiger partial charge in [-0.2, -0.15) is 13.2 Å². The topological polar surface area (TPSA) is 15.3 Å². The van der Waals surface area contributed by atoms with E-state index in [1.54, 1.807) is 0 Å². The van der Waals surface area contributed by atoms with Crippen LogP contribution in [0.3, 0.4) is 0 Å². The van der Waals surface area contributed by atoms with Crippen molar-refractivity contribution in [3.63, 3.8) is 0 Å². The molecule has 0 aromatic rings. The summed E-state index contributed by atoms with van der Waals surface area (Å²) < 4.78 is 36.1. The third kappa shape index (κ3) is 8.47. The van der Waals surface area contributed by atoms with Crippen LogP contribution >= 0.6 is 0 Å². The Kier molecular flexibility index (Phi) is 7.15. The van der Waals surface area contributed by atoms with E-state index >= 15 is 0 Å². The fourth-order valence-electron chi connectivity index (χ4n) is 2.58. The van der Waals surface area contributed by atoms with Crippen LogP contribution in [0.25, 0.3) is 0 Å². The molecule has 1 aliphatic rings. The minimum Gasteiger partial charge on any atom is -0.314 e. The first-order valence-corrected chi connectivity index (χ1v) is 7.39. The molecule has 1 aliphatic heterocycles. The summed E-state index contributed by atoms with van der Waals surface area (Å²) in [4.78, 5) is 2.47. The third-order valence-electron chi connectivity index (χ3n) is 3.68. The number of nitrogens with zero attached hydrogens (tertiary/aromatic N) is 1. The fraction of sp³-hybridized carbons (Fsp3) is 1.00. The molecule has 1 saturated heterocycles. The first kappa shape index (κ1) is 16.8. The second kappa shape index (κ2) is 8.10. The molecule has 1 heterocycles. The highest BCUT2D eigenvalue weighted by molar-refractivity contribution is 4.71. The lowest BCUT2D eigenvalue weighted by atomic mass is 10.1. The highest BCUT2D eigenvalue weighted by Crippen LogP contribution is 2.22. The summed E-state index contributed by atoms with van der Waals surface area (Å²) in [5, 5.41) is 3.35. The van der Waals surface area contributed by atoms with Gasteiger partial charge in [-0.25, -0.2) is 0 Å². The van der Waals surface area contributed by atoms with Crippen LogP contribution in [-0.2, 0) is 0 Å². The van der Waals surface area contributed by atoms with E-state index in [1.807, 2.05) is 6.92 Å². The molecular formula is C14H27F3N2. The van der Waals surface area contributed by atoms with Crippen LogP contribution in [0.15, 0.2) is 0 Å². The number of nitrogens with one attached hydrogen (secondary N) is 1. The SMILES string of the molecule is CC(CNC(C)CCCC(F)(F)F)CN1CCCC1. The molecule has 2 unspecified atom stereocenters. The van der Waals surface area contributed by atoms with Crippen molar-refractivity contribution in [2.45, 2.75) is 58.2 Å². The van der Waals surface area contributed by atoms with Crippen molar-refractivity contribution in [2.24, 2.45) is 5.92 Å². The zero-order valence-electron chi connectivity index (χ0n) is 12.1. The van der Waals surface area contributed by atoms with Crippen LogP contribution < -0.4 is 5.32 Å². The monoisotopic (exact) mass is 280 g/mol. The summed E-state index contributed by atoms with van der Waals surface area (Å²) in [5.41, 5.74) is 0. The van der Waals surface area contributed by atoms with Crippen molar-refractivity contribution in [3.05, 3.63) is 0 Å². The average molecular weight is 280 g/mol. The highest BCUT2D eigenvalue weighted by Gasteiger charge is 2.26. The van der Waals surface area contributed by atoms with Crippen molar-refractivity contribution in [3.8, 4) is 0 Å². The van der Waals surface area contributed by atoms with Gasteiger partial charge in [0.05, 0.1) is 0 Å². The second-order valence-corrected chi connectivity index (χ2v) is 5.93. The summed E-state index contributed by atoms with van der Waals surface area (Å²) in [7, 11) is 0. The Morgan fingerprint density at radius 1 is 1.16 bits per heavy atom. The Hall–Kier alpha value is -0.290. The van der Waals surface area contributed by atoms with Gasteiger partial charge in [0.15, 0.2) is 0 Å². The van der Waals surface area contributed by atoms with Gasteiger partial charge in [0, 0.05) is 19.0 Å². The Morgan fingerprint density at radius 2 is 1.79 bits per heavy atom. The van der Waals surface area contributed by atoms with E-state index in [-0.39, 0.29) is 12.5 Å². The van der Waals surface area contributed by atoms with Gasteiger partial charge >= 0.3 is 6.18 Å². The molecule has 1 fully saturated rings. The van der Waals surface area contributed by atoms with Crippen LogP contribution in [0.5, 0.6) is 0 Å². The summed E-state index contributed by atoms with van der Waals surface area (Å²) in [6, 6.07) is 0.170. The number of hydrogen-bond donors (Lipinski definition) is 1. The Balaban J connectivity index is 2.03. The van der Waals surface area contributed by atoms with E-state index in [1.165, 1.54) is 25.9 Å². The van der Waals surface area contributed by atoms with Gasteiger partial charge < -0.3 is 10.2 Å². The van der Waals surface area contributed by atoms with E-state index in [9.17, 15) is 13.2 Å².